The molecule has 118 valence electrons. The first-order valence-electron chi connectivity index (χ1n) is 7.13. The summed E-state index contributed by atoms with van der Waals surface area (Å²) in [5.41, 5.74) is 7.19. The predicted octanol–water partition coefficient (Wildman–Crippen LogP) is 2.33. The van der Waals surface area contributed by atoms with Gasteiger partial charge in [0.2, 0.25) is 5.91 Å². The van der Waals surface area contributed by atoms with E-state index in [0.717, 1.165) is 16.5 Å². The van der Waals surface area contributed by atoms with Crippen molar-refractivity contribution in [3.8, 4) is 0 Å². The number of H-pyrrole nitrogens is 1. The number of hydrogen-bond donors (Lipinski definition) is 3. The normalized spacial score (nSPS) is 11.4. The fraction of sp³-hybridized carbons (Fsp3) is 0.375. The van der Waals surface area contributed by atoms with Gasteiger partial charge in [-0.2, -0.15) is 0 Å². The number of benzene rings is 1. The van der Waals surface area contributed by atoms with Gasteiger partial charge in [-0.25, -0.2) is 4.79 Å². The van der Waals surface area contributed by atoms with Gasteiger partial charge in [-0.05, 0) is 51.0 Å². The Hall–Kier alpha value is -2.50. The Balaban J connectivity index is 2.01. The number of nitrogens with two attached hydrogens (primary N) is 1. The summed E-state index contributed by atoms with van der Waals surface area (Å²) < 4.78 is 5.18. The molecule has 0 radical (unpaired) electrons. The van der Waals surface area contributed by atoms with E-state index in [1.165, 1.54) is 0 Å². The molecule has 0 saturated heterocycles. The van der Waals surface area contributed by atoms with Gasteiger partial charge in [0.25, 0.3) is 0 Å². The number of amides is 2. The zero-order valence-electron chi connectivity index (χ0n) is 13.0. The lowest BCUT2D eigenvalue weighted by atomic mass is 10.1. The first kappa shape index (κ1) is 15.9. The SMILES string of the molecule is CC(C)(C)OC(=O)NCCc1c[nH]c2ccc(C(N)=O)cc12. The number of carbonyl (C=O) groups is 2. The second kappa shape index (κ2) is 6.09. The second-order valence-electron chi connectivity index (χ2n) is 6.12. The molecular formula is C16H21N3O3. The van der Waals surface area contributed by atoms with Crippen LogP contribution < -0.4 is 11.1 Å². The van der Waals surface area contributed by atoms with Gasteiger partial charge >= 0.3 is 6.09 Å². The smallest absolute Gasteiger partial charge is 0.407 e. The molecule has 0 aliphatic carbocycles. The van der Waals surface area contributed by atoms with Crippen molar-refractivity contribution < 1.29 is 14.3 Å². The summed E-state index contributed by atoms with van der Waals surface area (Å²) in [5, 5.41) is 3.65. The maximum Gasteiger partial charge on any atom is 0.407 e. The van der Waals surface area contributed by atoms with Crippen LogP contribution in [0.3, 0.4) is 0 Å². The summed E-state index contributed by atoms with van der Waals surface area (Å²) in [7, 11) is 0. The van der Waals surface area contributed by atoms with Crippen LogP contribution in [0.15, 0.2) is 24.4 Å². The Kier molecular flexibility index (Phi) is 4.40. The summed E-state index contributed by atoms with van der Waals surface area (Å²) in [6, 6.07) is 5.26. The van der Waals surface area contributed by atoms with Gasteiger partial charge in [-0.15, -0.1) is 0 Å². The first-order valence-corrected chi connectivity index (χ1v) is 7.13. The van der Waals surface area contributed by atoms with E-state index >= 15 is 0 Å². The molecule has 6 heteroatoms. The molecule has 1 aromatic heterocycles. The fourth-order valence-electron chi connectivity index (χ4n) is 2.15. The van der Waals surface area contributed by atoms with Crippen molar-refractivity contribution >= 4 is 22.9 Å². The van der Waals surface area contributed by atoms with Gasteiger partial charge in [0.15, 0.2) is 0 Å². The summed E-state index contributed by atoms with van der Waals surface area (Å²) in [6.07, 6.45) is 2.05. The summed E-state index contributed by atoms with van der Waals surface area (Å²) >= 11 is 0. The van der Waals surface area contributed by atoms with Crippen molar-refractivity contribution in [2.45, 2.75) is 32.8 Å². The quantitative estimate of drug-likeness (QED) is 0.808. The minimum atomic E-state index is -0.513. The number of rotatable bonds is 4. The minimum absolute atomic E-state index is 0.440. The first-order chi connectivity index (χ1) is 10.3. The van der Waals surface area contributed by atoms with Crippen molar-refractivity contribution in [3.63, 3.8) is 0 Å². The number of nitrogens with one attached hydrogen (secondary N) is 2. The molecule has 0 saturated carbocycles. The lowest BCUT2D eigenvalue weighted by molar-refractivity contribution is 0.0528. The lowest BCUT2D eigenvalue weighted by Crippen LogP contribution is -2.33. The van der Waals surface area contributed by atoms with E-state index in [4.69, 9.17) is 10.5 Å². The highest BCUT2D eigenvalue weighted by molar-refractivity contribution is 5.97. The number of aromatic nitrogens is 1. The molecule has 2 aromatic rings. The Morgan fingerprint density at radius 2 is 2.05 bits per heavy atom. The number of fused-ring (bicyclic) bond motifs is 1. The highest BCUT2D eigenvalue weighted by atomic mass is 16.6. The lowest BCUT2D eigenvalue weighted by Gasteiger charge is -2.19. The molecule has 0 unspecified atom stereocenters. The van der Waals surface area contributed by atoms with Crippen LogP contribution >= 0.6 is 0 Å². The van der Waals surface area contributed by atoms with E-state index in [-0.39, 0.29) is 0 Å². The van der Waals surface area contributed by atoms with Gasteiger partial charge in [0, 0.05) is 29.2 Å². The Morgan fingerprint density at radius 3 is 2.68 bits per heavy atom. The van der Waals surface area contributed by atoms with Crippen molar-refractivity contribution in [2.24, 2.45) is 5.73 Å². The van der Waals surface area contributed by atoms with Crippen molar-refractivity contribution in [1.82, 2.24) is 10.3 Å². The molecule has 4 N–H and O–H groups in total. The Labute approximate surface area is 129 Å². The average molecular weight is 303 g/mol. The van der Waals surface area contributed by atoms with Crippen LogP contribution in [0.1, 0.15) is 36.7 Å². The zero-order chi connectivity index (χ0) is 16.3. The predicted molar refractivity (Wildman–Crippen MR) is 84.8 cm³/mol. The van der Waals surface area contributed by atoms with E-state index in [1.807, 2.05) is 33.0 Å². The van der Waals surface area contributed by atoms with Gasteiger partial charge in [-0.1, -0.05) is 0 Å². The molecule has 1 aromatic carbocycles. The van der Waals surface area contributed by atoms with E-state index in [0.29, 0.717) is 18.5 Å². The molecule has 2 amide bonds. The number of primary amides is 1. The fourth-order valence-corrected chi connectivity index (χ4v) is 2.15. The molecule has 0 aliphatic rings. The zero-order valence-corrected chi connectivity index (χ0v) is 13.0. The molecule has 0 spiro atoms. The maximum atomic E-state index is 11.6. The number of aromatic amines is 1. The third-order valence-corrected chi connectivity index (χ3v) is 3.11. The molecule has 1 heterocycles. The van der Waals surface area contributed by atoms with E-state index in [1.54, 1.807) is 12.1 Å². The number of ether oxygens (including phenoxy) is 1. The average Bonchev–Trinajstić information content (AvgIpc) is 2.79. The van der Waals surface area contributed by atoms with Gasteiger partial charge < -0.3 is 20.8 Å². The molecule has 6 nitrogen and oxygen atoms in total. The van der Waals surface area contributed by atoms with Crippen LogP contribution in [-0.2, 0) is 11.2 Å². The summed E-state index contributed by atoms with van der Waals surface area (Å²) in [4.78, 5) is 26.0. The third-order valence-electron chi connectivity index (χ3n) is 3.11. The highest BCUT2D eigenvalue weighted by Crippen LogP contribution is 2.20. The Bertz CT molecular complexity index is 698. The molecule has 0 aliphatic heterocycles. The largest absolute Gasteiger partial charge is 0.444 e. The molecule has 0 atom stereocenters. The van der Waals surface area contributed by atoms with Gasteiger partial charge in [0.1, 0.15) is 5.60 Å². The van der Waals surface area contributed by atoms with Crippen LogP contribution in [0.5, 0.6) is 0 Å². The molecular weight excluding hydrogens is 282 g/mol. The minimum Gasteiger partial charge on any atom is -0.444 e. The van der Waals surface area contributed by atoms with Crippen LogP contribution in [0.4, 0.5) is 4.79 Å². The monoisotopic (exact) mass is 303 g/mol. The number of hydrogen-bond acceptors (Lipinski definition) is 3. The van der Waals surface area contributed by atoms with Gasteiger partial charge in [-0.3, -0.25) is 4.79 Å². The van der Waals surface area contributed by atoms with E-state index in [2.05, 4.69) is 10.3 Å². The molecule has 0 bridgehead atoms. The number of alkyl carbamates (subject to hydrolysis) is 1. The van der Waals surface area contributed by atoms with Crippen molar-refractivity contribution in [3.05, 3.63) is 35.5 Å². The topological polar surface area (TPSA) is 97.2 Å². The Morgan fingerprint density at radius 1 is 1.32 bits per heavy atom. The van der Waals surface area contributed by atoms with E-state index < -0.39 is 17.6 Å². The molecule has 2 rings (SSSR count). The third kappa shape index (κ3) is 4.00. The highest BCUT2D eigenvalue weighted by Gasteiger charge is 2.15. The van der Waals surface area contributed by atoms with Crippen LogP contribution in [0, 0.1) is 0 Å². The maximum absolute atomic E-state index is 11.6. The van der Waals surface area contributed by atoms with Crippen LogP contribution in [-0.4, -0.2) is 29.1 Å². The second-order valence-corrected chi connectivity index (χ2v) is 6.12. The number of carbonyl (C=O) groups excluding carboxylic acids is 2. The van der Waals surface area contributed by atoms with Crippen LogP contribution in [0.2, 0.25) is 0 Å². The molecule has 22 heavy (non-hydrogen) atoms. The standard InChI is InChI=1S/C16H21N3O3/c1-16(2,3)22-15(21)18-7-6-11-9-19-13-5-4-10(14(17)20)8-12(11)13/h4-5,8-9,19H,6-7H2,1-3H3,(H2,17,20)(H,18,21). The summed E-state index contributed by atoms with van der Waals surface area (Å²) in [5.74, 6) is -0.457. The van der Waals surface area contributed by atoms with Gasteiger partial charge in [0.05, 0.1) is 0 Å². The van der Waals surface area contributed by atoms with Crippen molar-refractivity contribution in [1.29, 1.82) is 0 Å². The van der Waals surface area contributed by atoms with Crippen molar-refractivity contribution in [2.75, 3.05) is 6.54 Å². The summed E-state index contributed by atoms with van der Waals surface area (Å²) in [6.45, 7) is 5.90. The molecule has 0 fully saturated rings. The van der Waals surface area contributed by atoms with Crippen LogP contribution in [0.25, 0.3) is 10.9 Å². The van der Waals surface area contributed by atoms with E-state index in [9.17, 15) is 9.59 Å².